The summed E-state index contributed by atoms with van der Waals surface area (Å²) in [6.07, 6.45) is 3.16. The van der Waals surface area contributed by atoms with E-state index in [0.29, 0.717) is 15.8 Å². The maximum Gasteiger partial charge on any atom is 0.264 e. The summed E-state index contributed by atoms with van der Waals surface area (Å²) in [5.41, 5.74) is 2.40. The molecule has 0 spiro atoms. The molecule has 3 aromatic rings. The lowest BCUT2D eigenvalue weighted by molar-refractivity contribution is -0.118. The third-order valence-electron chi connectivity index (χ3n) is 3.71. The molecule has 1 aromatic carbocycles. The lowest BCUT2D eigenvalue weighted by Gasteiger charge is -2.08. The first-order valence-corrected chi connectivity index (χ1v) is 9.75. The number of nitrogens with zero attached hydrogens (tertiary/aromatic N) is 3. The highest BCUT2D eigenvalue weighted by Crippen LogP contribution is 2.19. The number of fused-ring (bicyclic) bond motifs is 1. The summed E-state index contributed by atoms with van der Waals surface area (Å²) < 4.78 is 29.1. The van der Waals surface area contributed by atoms with E-state index < -0.39 is 15.9 Å². The van der Waals surface area contributed by atoms with Crippen molar-refractivity contribution in [3.8, 4) is 6.07 Å². The molecule has 1 N–H and O–H groups in total. The third kappa shape index (κ3) is 3.61. The zero-order valence-electron chi connectivity index (χ0n) is 13.6. The van der Waals surface area contributed by atoms with E-state index in [0.717, 1.165) is 5.56 Å². The Morgan fingerprint density at radius 2 is 2.15 bits per heavy atom. The molecule has 9 heteroatoms. The minimum Gasteiger partial charge on any atom is -0.303 e. The average molecular weight is 433 g/mol. The van der Waals surface area contributed by atoms with Crippen LogP contribution in [0.4, 0.5) is 0 Å². The summed E-state index contributed by atoms with van der Waals surface area (Å²) in [5, 5.41) is 8.97. The van der Waals surface area contributed by atoms with Gasteiger partial charge in [0.25, 0.3) is 10.0 Å². The van der Waals surface area contributed by atoms with E-state index in [2.05, 4.69) is 20.9 Å². The van der Waals surface area contributed by atoms with Gasteiger partial charge in [0.1, 0.15) is 5.65 Å². The first kappa shape index (κ1) is 18.1. The molecule has 0 saturated heterocycles. The van der Waals surface area contributed by atoms with Gasteiger partial charge in [-0.05, 0) is 36.8 Å². The Morgan fingerprint density at radius 3 is 2.88 bits per heavy atom. The van der Waals surface area contributed by atoms with E-state index >= 15 is 0 Å². The van der Waals surface area contributed by atoms with Crippen molar-refractivity contribution in [3.05, 3.63) is 64.0 Å². The topological polar surface area (TPSA) is 104 Å². The molecule has 0 bridgehead atoms. The number of rotatable bonds is 4. The second-order valence-corrected chi connectivity index (χ2v) is 8.23. The van der Waals surface area contributed by atoms with Crippen LogP contribution >= 0.6 is 15.9 Å². The highest BCUT2D eigenvalue weighted by molar-refractivity contribution is 9.10. The molecule has 0 fully saturated rings. The van der Waals surface area contributed by atoms with Gasteiger partial charge in [-0.2, -0.15) is 5.26 Å². The molecule has 0 aliphatic carbocycles. The SMILES string of the molecule is Cc1cccn2c(CC(=O)NS(=O)(=O)c3cc(Br)cc(C#N)c3)cnc12. The van der Waals surface area contributed by atoms with Gasteiger partial charge in [0.2, 0.25) is 5.91 Å². The first-order valence-electron chi connectivity index (χ1n) is 7.48. The van der Waals surface area contributed by atoms with E-state index in [-0.39, 0.29) is 16.9 Å². The number of pyridine rings is 1. The summed E-state index contributed by atoms with van der Waals surface area (Å²) in [6, 6.07) is 9.62. The number of nitrogens with one attached hydrogen (secondary N) is 1. The predicted octanol–water partition coefficient (Wildman–Crippen LogP) is 2.32. The molecule has 1 amide bonds. The Balaban J connectivity index is 1.84. The zero-order chi connectivity index (χ0) is 18.9. The van der Waals surface area contributed by atoms with Crippen LogP contribution in [0.3, 0.4) is 0 Å². The third-order valence-corrected chi connectivity index (χ3v) is 5.52. The zero-order valence-corrected chi connectivity index (χ0v) is 16.0. The number of hydrogen-bond acceptors (Lipinski definition) is 5. The number of carbonyl (C=O) groups is 1. The maximum absolute atomic E-state index is 12.4. The summed E-state index contributed by atoms with van der Waals surface area (Å²) in [7, 11) is -4.09. The van der Waals surface area contributed by atoms with Gasteiger partial charge in [-0.3, -0.25) is 4.79 Å². The Labute approximate surface area is 158 Å². The number of carbonyl (C=O) groups excluding carboxylic acids is 1. The van der Waals surface area contributed by atoms with Crippen molar-refractivity contribution in [2.45, 2.75) is 18.2 Å². The number of aryl methyl sites for hydroxylation is 1. The van der Waals surface area contributed by atoms with E-state index in [4.69, 9.17) is 5.26 Å². The van der Waals surface area contributed by atoms with Crippen molar-refractivity contribution in [1.29, 1.82) is 5.26 Å². The van der Waals surface area contributed by atoms with Crippen LogP contribution in [0.5, 0.6) is 0 Å². The van der Waals surface area contributed by atoms with Crippen molar-refractivity contribution in [2.75, 3.05) is 0 Å². The Morgan fingerprint density at radius 1 is 1.38 bits per heavy atom. The van der Waals surface area contributed by atoms with Crippen LogP contribution in [0, 0.1) is 18.3 Å². The lowest BCUT2D eigenvalue weighted by atomic mass is 10.2. The summed E-state index contributed by atoms with van der Waals surface area (Å²) in [5.74, 6) is -0.688. The molecule has 0 aliphatic heterocycles. The number of sulfonamides is 1. The van der Waals surface area contributed by atoms with Crippen molar-refractivity contribution >= 4 is 37.5 Å². The fraction of sp³-hybridized carbons (Fsp3) is 0.118. The molecule has 0 atom stereocenters. The Bertz CT molecular complexity index is 1160. The van der Waals surface area contributed by atoms with Crippen molar-refractivity contribution in [3.63, 3.8) is 0 Å². The van der Waals surface area contributed by atoms with Gasteiger partial charge in [0, 0.05) is 16.9 Å². The molecular formula is C17H13BrN4O3S. The number of halogens is 1. The second-order valence-electron chi connectivity index (χ2n) is 5.63. The minimum absolute atomic E-state index is 0.150. The van der Waals surface area contributed by atoms with Crippen LogP contribution in [0.25, 0.3) is 5.65 Å². The quantitative estimate of drug-likeness (QED) is 0.680. The fourth-order valence-electron chi connectivity index (χ4n) is 2.52. The van der Waals surface area contributed by atoms with Gasteiger partial charge in [0.05, 0.1) is 28.6 Å². The maximum atomic E-state index is 12.4. The van der Waals surface area contributed by atoms with Crippen LogP contribution in [-0.4, -0.2) is 23.7 Å². The molecular weight excluding hydrogens is 420 g/mol. The summed E-state index contributed by atoms with van der Waals surface area (Å²) in [4.78, 5) is 16.3. The Hall–Kier alpha value is -2.70. The average Bonchev–Trinajstić information content (AvgIpc) is 2.98. The molecule has 2 aromatic heterocycles. The number of aromatic nitrogens is 2. The van der Waals surface area contributed by atoms with E-state index in [1.807, 2.05) is 29.8 Å². The van der Waals surface area contributed by atoms with Gasteiger partial charge >= 0.3 is 0 Å². The van der Waals surface area contributed by atoms with Gasteiger partial charge in [-0.1, -0.05) is 22.0 Å². The largest absolute Gasteiger partial charge is 0.303 e. The molecule has 0 unspecified atom stereocenters. The molecule has 3 rings (SSSR count). The Kier molecular flexibility index (Phi) is 4.80. The molecule has 0 aliphatic rings. The predicted molar refractivity (Wildman–Crippen MR) is 97.8 cm³/mol. The molecule has 7 nitrogen and oxygen atoms in total. The van der Waals surface area contributed by atoms with E-state index in [1.54, 1.807) is 16.8 Å². The minimum atomic E-state index is -4.09. The second kappa shape index (κ2) is 6.90. The molecule has 0 saturated carbocycles. The molecule has 0 radical (unpaired) electrons. The number of amides is 1. The number of hydrogen-bond donors (Lipinski definition) is 1. The van der Waals surface area contributed by atoms with Crippen LogP contribution in [0.2, 0.25) is 0 Å². The molecule has 2 heterocycles. The van der Waals surface area contributed by atoms with Crippen LogP contribution < -0.4 is 4.72 Å². The van der Waals surface area contributed by atoms with Crippen LogP contribution in [-0.2, 0) is 21.2 Å². The fourth-order valence-corrected chi connectivity index (χ4v) is 4.22. The molecule has 26 heavy (non-hydrogen) atoms. The summed E-state index contributed by atoms with van der Waals surface area (Å²) in [6.45, 7) is 1.90. The lowest BCUT2D eigenvalue weighted by Crippen LogP contribution is -2.32. The highest BCUT2D eigenvalue weighted by atomic mass is 79.9. The monoisotopic (exact) mass is 432 g/mol. The first-order chi connectivity index (χ1) is 12.3. The normalized spacial score (nSPS) is 11.3. The van der Waals surface area contributed by atoms with E-state index in [9.17, 15) is 13.2 Å². The van der Waals surface area contributed by atoms with Crippen LogP contribution in [0.15, 0.2) is 52.1 Å². The smallest absolute Gasteiger partial charge is 0.264 e. The van der Waals surface area contributed by atoms with Gasteiger partial charge < -0.3 is 4.40 Å². The van der Waals surface area contributed by atoms with Gasteiger partial charge in [-0.15, -0.1) is 0 Å². The number of benzene rings is 1. The number of nitriles is 1. The van der Waals surface area contributed by atoms with Crippen molar-refractivity contribution in [2.24, 2.45) is 0 Å². The molecule has 132 valence electrons. The van der Waals surface area contributed by atoms with E-state index in [1.165, 1.54) is 18.2 Å². The van der Waals surface area contributed by atoms with Crippen molar-refractivity contribution in [1.82, 2.24) is 14.1 Å². The number of imidazole rings is 1. The standard InChI is InChI=1S/C17H13BrN4O3S/c1-11-3-2-4-22-14(10-20-17(11)22)8-16(23)21-26(24,25)15-6-12(9-19)5-13(18)7-15/h2-7,10H,8H2,1H3,(H,21,23). The van der Waals surface area contributed by atoms with Crippen molar-refractivity contribution < 1.29 is 13.2 Å². The van der Waals surface area contributed by atoms with Crippen LogP contribution in [0.1, 0.15) is 16.8 Å². The summed E-state index contributed by atoms with van der Waals surface area (Å²) >= 11 is 3.16. The van der Waals surface area contributed by atoms with Gasteiger partial charge in [0.15, 0.2) is 0 Å². The van der Waals surface area contributed by atoms with Gasteiger partial charge in [-0.25, -0.2) is 18.1 Å². The highest BCUT2D eigenvalue weighted by Gasteiger charge is 2.20.